The highest BCUT2D eigenvalue weighted by Gasteiger charge is 2.01. The molecule has 0 N–H and O–H groups in total. The van der Waals surface area contributed by atoms with Gasteiger partial charge in [0.05, 0.1) is 6.20 Å². The summed E-state index contributed by atoms with van der Waals surface area (Å²) in [7, 11) is 0. The minimum absolute atomic E-state index is 0.222. The number of hydrogen-bond donors (Lipinski definition) is 0. The third-order valence-electron chi connectivity index (χ3n) is 1.17. The zero-order chi connectivity index (χ0) is 8.27. The molecular formula is C8H6FNO. The van der Waals surface area contributed by atoms with Gasteiger partial charge in [0.1, 0.15) is 5.82 Å². The van der Waals surface area contributed by atoms with Gasteiger partial charge in [-0.15, -0.1) is 0 Å². The monoisotopic (exact) mass is 151 g/mol. The van der Waals surface area contributed by atoms with Crippen molar-refractivity contribution in [3.8, 4) is 0 Å². The summed E-state index contributed by atoms with van der Waals surface area (Å²) in [6.45, 7) is 3.27. The van der Waals surface area contributed by atoms with Crippen molar-refractivity contribution < 1.29 is 9.18 Å². The van der Waals surface area contributed by atoms with Gasteiger partial charge in [0.25, 0.3) is 0 Å². The number of aromatic nitrogens is 1. The van der Waals surface area contributed by atoms with Crippen LogP contribution in [0.15, 0.2) is 31.1 Å². The van der Waals surface area contributed by atoms with Gasteiger partial charge in [0.15, 0.2) is 5.78 Å². The predicted octanol–water partition coefficient (Wildman–Crippen LogP) is 1.59. The van der Waals surface area contributed by atoms with Crippen molar-refractivity contribution in [1.82, 2.24) is 4.98 Å². The molecule has 0 bridgehead atoms. The number of nitrogens with zero attached hydrogens (tertiary/aromatic N) is 1. The molecule has 0 saturated heterocycles. The van der Waals surface area contributed by atoms with Gasteiger partial charge in [0, 0.05) is 11.8 Å². The maximum absolute atomic E-state index is 12.4. The minimum atomic E-state index is -0.516. The molecule has 0 aliphatic carbocycles. The molecule has 2 nitrogen and oxygen atoms in total. The van der Waals surface area contributed by atoms with Crippen molar-refractivity contribution in [1.29, 1.82) is 0 Å². The Labute approximate surface area is 63.4 Å². The second-order valence-corrected chi connectivity index (χ2v) is 1.96. The zero-order valence-corrected chi connectivity index (χ0v) is 5.75. The molecule has 0 aromatic carbocycles. The SMILES string of the molecule is C=CC(=O)c1cncc(F)c1. The lowest BCUT2D eigenvalue weighted by molar-refractivity contribution is 0.104. The number of ketones is 1. The molecule has 56 valence electrons. The van der Waals surface area contributed by atoms with Gasteiger partial charge in [-0.1, -0.05) is 6.58 Å². The summed E-state index contributed by atoms with van der Waals surface area (Å²) in [6.07, 6.45) is 3.46. The Hall–Kier alpha value is -1.51. The van der Waals surface area contributed by atoms with Crippen LogP contribution in [0.4, 0.5) is 4.39 Å². The number of allylic oxidation sites excluding steroid dienone is 1. The molecule has 0 aliphatic heterocycles. The van der Waals surface area contributed by atoms with E-state index in [4.69, 9.17) is 0 Å². The van der Waals surface area contributed by atoms with E-state index in [2.05, 4.69) is 11.6 Å². The maximum Gasteiger partial charge on any atom is 0.186 e. The first-order chi connectivity index (χ1) is 5.24. The van der Waals surface area contributed by atoms with Crippen molar-refractivity contribution in [3.05, 3.63) is 42.5 Å². The molecule has 11 heavy (non-hydrogen) atoms. The molecular weight excluding hydrogens is 145 g/mol. The Bertz CT molecular complexity index is 296. The van der Waals surface area contributed by atoms with Crippen LogP contribution in [0.3, 0.4) is 0 Å². The standard InChI is InChI=1S/C8H6FNO/c1-2-8(11)6-3-7(9)5-10-4-6/h2-5H,1H2. The van der Waals surface area contributed by atoms with Crippen LogP contribution in [0.1, 0.15) is 10.4 Å². The summed E-state index contributed by atoms with van der Waals surface area (Å²) in [5.74, 6) is -0.838. The fourth-order valence-electron chi connectivity index (χ4n) is 0.664. The fourth-order valence-corrected chi connectivity index (χ4v) is 0.664. The van der Waals surface area contributed by atoms with E-state index in [-0.39, 0.29) is 11.3 Å². The first-order valence-electron chi connectivity index (χ1n) is 3.01. The topological polar surface area (TPSA) is 30.0 Å². The summed E-state index contributed by atoms with van der Waals surface area (Å²) in [5.41, 5.74) is 0.222. The van der Waals surface area contributed by atoms with Crippen LogP contribution < -0.4 is 0 Å². The van der Waals surface area contributed by atoms with Crippen LogP contribution in [0.5, 0.6) is 0 Å². The third-order valence-corrected chi connectivity index (χ3v) is 1.17. The number of halogens is 1. The average Bonchev–Trinajstić information content (AvgIpc) is 2.03. The molecule has 1 aromatic heterocycles. The van der Waals surface area contributed by atoms with Crippen LogP contribution in [0, 0.1) is 5.82 Å². The molecule has 0 radical (unpaired) electrons. The quantitative estimate of drug-likeness (QED) is 0.474. The maximum atomic E-state index is 12.4. The summed E-state index contributed by atoms with van der Waals surface area (Å²) in [5, 5.41) is 0. The lowest BCUT2D eigenvalue weighted by Crippen LogP contribution is -1.95. The number of hydrogen-bond acceptors (Lipinski definition) is 2. The summed E-state index contributed by atoms with van der Waals surface area (Å²) < 4.78 is 12.4. The van der Waals surface area contributed by atoms with Crippen molar-refractivity contribution in [3.63, 3.8) is 0 Å². The van der Waals surface area contributed by atoms with Gasteiger partial charge in [0.2, 0.25) is 0 Å². The van der Waals surface area contributed by atoms with E-state index in [1.807, 2.05) is 0 Å². The second kappa shape index (κ2) is 3.05. The van der Waals surface area contributed by atoms with Gasteiger partial charge >= 0.3 is 0 Å². The molecule has 0 atom stereocenters. The van der Waals surface area contributed by atoms with E-state index in [0.717, 1.165) is 18.3 Å². The Morgan fingerprint density at radius 3 is 2.91 bits per heavy atom. The summed E-state index contributed by atoms with van der Waals surface area (Å²) in [6, 6.07) is 1.12. The predicted molar refractivity (Wildman–Crippen MR) is 38.7 cm³/mol. The molecule has 1 heterocycles. The van der Waals surface area contributed by atoms with Crippen molar-refractivity contribution in [2.45, 2.75) is 0 Å². The van der Waals surface area contributed by atoms with Gasteiger partial charge < -0.3 is 0 Å². The summed E-state index contributed by atoms with van der Waals surface area (Å²) >= 11 is 0. The van der Waals surface area contributed by atoms with E-state index < -0.39 is 5.82 Å². The Balaban J connectivity index is 3.05. The molecule has 0 amide bonds. The average molecular weight is 151 g/mol. The molecule has 1 rings (SSSR count). The van der Waals surface area contributed by atoms with E-state index in [0.29, 0.717) is 0 Å². The number of rotatable bonds is 2. The summed E-state index contributed by atoms with van der Waals surface area (Å²) in [4.78, 5) is 14.4. The zero-order valence-electron chi connectivity index (χ0n) is 5.75. The van der Waals surface area contributed by atoms with Crippen LogP contribution in [0.25, 0.3) is 0 Å². The van der Waals surface area contributed by atoms with E-state index in [1.165, 1.54) is 6.20 Å². The molecule has 0 unspecified atom stereocenters. The van der Waals surface area contributed by atoms with E-state index >= 15 is 0 Å². The van der Waals surface area contributed by atoms with E-state index in [1.54, 1.807) is 0 Å². The van der Waals surface area contributed by atoms with Crippen molar-refractivity contribution in [2.24, 2.45) is 0 Å². The van der Waals surface area contributed by atoms with Gasteiger partial charge in [-0.05, 0) is 12.1 Å². The number of carbonyl (C=O) groups excluding carboxylic acids is 1. The molecule has 0 spiro atoms. The van der Waals surface area contributed by atoms with Crippen LogP contribution in [-0.4, -0.2) is 10.8 Å². The molecule has 0 fully saturated rings. The number of carbonyl (C=O) groups is 1. The van der Waals surface area contributed by atoms with Crippen LogP contribution >= 0.6 is 0 Å². The van der Waals surface area contributed by atoms with Crippen molar-refractivity contribution >= 4 is 5.78 Å². The fraction of sp³-hybridized carbons (Fsp3) is 0. The van der Waals surface area contributed by atoms with Crippen molar-refractivity contribution in [2.75, 3.05) is 0 Å². The first kappa shape index (κ1) is 7.60. The first-order valence-corrected chi connectivity index (χ1v) is 3.01. The highest BCUT2D eigenvalue weighted by molar-refractivity contribution is 6.03. The van der Waals surface area contributed by atoms with Gasteiger partial charge in [-0.25, -0.2) is 4.39 Å². The third kappa shape index (κ3) is 1.70. The van der Waals surface area contributed by atoms with Crippen LogP contribution in [0.2, 0.25) is 0 Å². The smallest absolute Gasteiger partial charge is 0.186 e. The molecule has 0 saturated carbocycles. The highest BCUT2D eigenvalue weighted by Crippen LogP contribution is 2.01. The normalized spacial score (nSPS) is 9.18. The lowest BCUT2D eigenvalue weighted by atomic mass is 10.2. The van der Waals surface area contributed by atoms with Gasteiger partial charge in [-0.3, -0.25) is 9.78 Å². The Morgan fingerprint density at radius 2 is 2.36 bits per heavy atom. The Morgan fingerprint density at radius 1 is 1.64 bits per heavy atom. The highest BCUT2D eigenvalue weighted by atomic mass is 19.1. The van der Waals surface area contributed by atoms with Gasteiger partial charge in [-0.2, -0.15) is 0 Å². The lowest BCUT2D eigenvalue weighted by Gasteiger charge is -1.92. The Kier molecular flexibility index (Phi) is 2.11. The molecule has 0 aliphatic rings. The molecule has 1 aromatic rings. The second-order valence-electron chi connectivity index (χ2n) is 1.96. The molecule has 3 heteroatoms. The number of pyridine rings is 1. The van der Waals surface area contributed by atoms with Crippen LogP contribution in [-0.2, 0) is 0 Å². The minimum Gasteiger partial charge on any atom is -0.289 e. The largest absolute Gasteiger partial charge is 0.289 e. The van der Waals surface area contributed by atoms with E-state index in [9.17, 15) is 9.18 Å².